The number of carbonyl (C=O) groups excluding carboxylic acids is 1. The van der Waals surface area contributed by atoms with Gasteiger partial charge in [-0.25, -0.2) is 8.42 Å². The van der Waals surface area contributed by atoms with Gasteiger partial charge in [0.2, 0.25) is 5.91 Å². The van der Waals surface area contributed by atoms with E-state index in [1.54, 1.807) is 43.5 Å². The highest BCUT2D eigenvalue weighted by Crippen LogP contribution is 2.22. The van der Waals surface area contributed by atoms with Crippen molar-refractivity contribution in [2.24, 2.45) is 4.99 Å². The van der Waals surface area contributed by atoms with Gasteiger partial charge in [-0.3, -0.25) is 19.3 Å². The van der Waals surface area contributed by atoms with E-state index in [0.29, 0.717) is 10.9 Å². The van der Waals surface area contributed by atoms with Crippen molar-refractivity contribution >= 4 is 32.5 Å². The van der Waals surface area contributed by atoms with E-state index in [-0.39, 0.29) is 35.2 Å². The van der Waals surface area contributed by atoms with Crippen LogP contribution in [0.5, 0.6) is 0 Å². The zero-order chi connectivity index (χ0) is 21.3. The van der Waals surface area contributed by atoms with Crippen molar-refractivity contribution in [1.82, 2.24) is 15.0 Å². The third-order valence-corrected chi connectivity index (χ3v) is 6.26. The molecule has 9 heteroatoms. The van der Waals surface area contributed by atoms with E-state index in [0.717, 1.165) is 10.9 Å². The molecule has 1 aromatic heterocycles. The molecule has 0 bridgehead atoms. The van der Waals surface area contributed by atoms with Gasteiger partial charge in [-0.05, 0) is 36.1 Å². The van der Waals surface area contributed by atoms with E-state index in [2.05, 4.69) is 20.0 Å². The van der Waals surface area contributed by atoms with Crippen molar-refractivity contribution in [2.45, 2.75) is 30.8 Å². The SMILES string of the molecule is CC(CC(=O)NCc1c[nH]c(=O)c2ccccc12)N=C1NS(=O)(=O)c2ccccc21. The van der Waals surface area contributed by atoms with Gasteiger partial charge in [0.1, 0.15) is 5.84 Å². The van der Waals surface area contributed by atoms with Gasteiger partial charge in [0.15, 0.2) is 0 Å². The molecule has 3 N–H and O–H groups in total. The Kier molecular flexibility index (Phi) is 5.13. The zero-order valence-corrected chi connectivity index (χ0v) is 17.0. The van der Waals surface area contributed by atoms with Crippen LogP contribution in [0.4, 0.5) is 0 Å². The Hall–Kier alpha value is -3.46. The molecule has 4 rings (SSSR count). The lowest BCUT2D eigenvalue weighted by atomic mass is 10.1. The Morgan fingerprint density at radius 3 is 2.60 bits per heavy atom. The number of nitrogens with zero attached hydrogens (tertiary/aromatic N) is 1. The van der Waals surface area contributed by atoms with Crippen molar-refractivity contribution in [3.05, 3.63) is 76.2 Å². The number of benzene rings is 2. The van der Waals surface area contributed by atoms with Gasteiger partial charge < -0.3 is 10.3 Å². The van der Waals surface area contributed by atoms with Gasteiger partial charge in [-0.1, -0.05) is 30.3 Å². The van der Waals surface area contributed by atoms with E-state index >= 15 is 0 Å². The minimum atomic E-state index is -3.61. The van der Waals surface area contributed by atoms with Crippen LogP contribution in [-0.4, -0.2) is 31.2 Å². The number of aromatic nitrogens is 1. The molecule has 2 heterocycles. The summed E-state index contributed by atoms with van der Waals surface area (Å²) in [6, 6.07) is 13.4. The first kappa shape index (κ1) is 19.8. The maximum Gasteiger partial charge on any atom is 0.263 e. The zero-order valence-electron chi connectivity index (χ0n) is 16.2. The quantitative estimate of drug-likeness (QED) is 0.577. The molecule has 0 radical (unpaired) electrons. The molecule has 0 fully saturated rings. The molecule has 1 aliphatic heterocycles. The first-order valence-electron chi connectivity index (χ1n) is 9.41. The molecule has 3 aromatic rings. The molecule has 1 atom stereocenters. The monoisotopic (exact) mass is 424 g/mol. The first-order chi connectivity index (χ1) is 14.3. The molecular formula is C21H20N4O4S. The minimum absolute atomic E-state index is 0.0919. The maximum atomic E-state index is 12.4. The summed E-state index contributed by atoms with van der Waals surface area (Å²) in [6.45, 7) is 2.01. The number of sulfonamides is 1. The summed E-state index contributed by atoms with van der Waals surface area (Å²) in [5.74, 6) is 0.0220. The Morgan fingerprint density at radius 1 is 1.10 bits per heavy atom. The average molecular weight is 424 g/mol. The fourth-order valence-electron chi connectivity index (χ4n) is 3.45. The topological polar surface area (TPSA) is 120 Å². The number of rotatable bonds is 5. The van der Waals surface area contributed by atoms with Crippen LogP contribution in [0.25, 0.3) is 10.8 Å². The van der Waals surface area contributed by atoms with Gasteiger partial charge in [0, 0.05) is 30.1 Å². The molecule has 8 nitrogen and oxygen atoms in total. The van der Waals surface area contributed by atoms with Crippen LogP contribution >= 0.6 is 0 Å². The van der Waals surface area contributed by atoms with Gasteiger partial charge in [0.05, 0.1) is 10.9 Å². The lowest BCUT2D eigenvalue weighted by Crippen LogP contribution is -2.28. The van der Waals surface area contributed by atoms with Crippen LogP contribution in [-0.2, 0) is 21.4 Å². The van der Waals surface area contributed by atoms with Crippen LogP contribution < -0.4 is 15.6 Å². The Morgan fingerprint density at radius 2 is 1.80 bits per heavy atom. The standard InChI is InChI=1S/C21H20N4O4S/c1-13(24-20-17-8-4-5-9-18(17)30(28,29)25-20)10-19(26)22-11-14-12-23-21(27)16-7-3-2-6-15(14)16/h2-9,12-13H,10-11H2,1H3,(H,22,26)(H,23,27)(H,24,25). The van der Waals surface area contributed by atoms with Gasteiger partial charge in [-0.2, -0.15) is 0 Å². The van der Waals surface area contributed by atoms with Crippen LogP contribution in [0, 0.1) is 0 Å². The number of aliphatic imine (C=N–C) groups is 1. The molecular weight excluding hydrogens is 404 g/mol. The first-order valence-corrected chi connectivity index (χ1v) is 10.9. The highest BCUT2D eigenvalue weighted by atomic mass is 32.2. The summed E-state index contributed by atoms with van der Waals surface area (Å²) in [5, 5.41) is 4.18. The molecule has 2 aromatic carbocycles. The summed E-state index contributed by atoms with van der Waals surface area (Å²) >= 11 is 0. The normalized spacial score (nSPS) is 16.8. The van der Waals surface area contributed by atoms with Crippen LogP contribution in [0.3, 0.4) is 0 Å². The number of hydrogen-bond donors (Lipinski definition) is 3. The van der Waals surface area contributed by atoms with Crippen molar-refractivity contribution in [3.63, 3.8) is 0 Å². The number of nitrogens with one attached hydrogen (secondary N) is 3. The lowest BCUT2D eigenvalue weighted by Gasteiger charge is -2.10. The highest BCUT2D eigenvalue weighted by molar-refractivity contribution is 7.90. The molecule has 30 heavy (non-hydrogen) atoms. The largest absolute Gasteiger partial charge is 0.352 e. The van der Waals surface area contributed by atoms with E-state index in [1.165, 1.54) is 6.07 Å². The van der Waals surface area contributed by atoms with Crippen molar-refractivity contribution in [1.29, 1.82) is 0 Å². The number of hydrogen-bond acceptors (Lipinski definition) is 5. The smallest absolute Gasteiger partial charge is 0.263 e. The third-order valence-electron chi connectivity index (χ3n) is 4.86. The number of carbonyl (C=O) groups is 1. The molecule has 0 spiro atoms. The van der Waals surface area contributed by atoms with Gasteiger partial charge >= 0.3 is 0 Å². The minimum Gasteiger partial charge on any atom is -0.352 e. The average Bonchev–Trinajstić information content (AvgIpc) is 2.98. The predicted octanol–water partition coefficient (Wildman–Crippen LogP) is 1.66. The van der Waals surface area contributed by atoms with Crippen molar-refractivity contribution < 1.29 is 13.2 Å². The Balaban J connectivity index is 1.44. The molecule has 154 valence electrons. The van der Waals surface area contributed by atoms with E-state index in [4.69, 9.17) is 0 Å². The van der Waals surface area contributed by atoms with Gasteiger partial charge in [0.25, 0.3) is 15.6 Å². The highest BCUT2D eigenvalue weighted by Gasteiger charge is 2.30. The second-order valence-electron chi connectivity index (χ2n) is 7.10. The molecule has 1 aliphatic rings. The number of amidine groups is 1. The molecule has 0 saturated carbocycles. The fraction of sp³-hybridized carbons (Fsp3) is 0.190. The summed E-state index contributed by atoms with van der Waals surface area (Å²) < 4.78 is 26.8. The second kappa shape index (κ2) is 7.75. The second-order valence-corrected chi connectivity index (χ2v) is 8.75. The molecule has 0 aliphatic carbocycles. The van der Waals surface area contributed by atoms with Gasteiger partial charge in [-0.15, -0.1) is 0 Å². The number of pyridine rings is 1. The number of amides is 1. The fourth-order valence-corrected chi connectivity index (χ4v) is 4.68. The predicted molar refractivity (Wildman–Crippen MR) is 114 cm³/mol. The maximum absolute atomic E-state index is 12.4. The molecule has 1 amide bonds. The number of H-pyrrole nitrogens is 1. The Bertz CT molecular complexity index is 1330. The van der Waals surface area contributed by atoms with Crippen LogP contribution in [0.15, 0.2) is 69.4 Å². The summed E-state index contributed by atoms with van der Waals surface area (Å²) in [4.78, 5) is 31.5. The summed E-state index contributed by atoms with van der Waals surface area (Å²) in [6.07, 6.45) is 1.69. The molecule has 0 saturated heterocycles. The van der Waals surface area contributed by atoms with E-state index in [9.17, 15) is 18.0 Å². The summed E-state index contributed by atoms with van der Waals surface area (Å²) in [7, 11) is -3.61. The van der Waals surface area contributed by atoms with Crippen LogP contribution in [0.1, 0.15) is 24.5 Å². The van der Waals surface area contributed by atoms with Crippen molar-refractivity contribution in [3.8, 4) is 0 Å². The lowest BCUT2D eigenvalue weighted by molar-refractivity contribution is -0.121. The third kappa shape index (κ3) is 3.84. The number of fused-ring (bicyclic) bond motifs is 2. The summed E-state index contributed by atoms with van der Waals surface area (Å²) in [5.41, 5.74) is 1.13. The molecule has 1 unspecified atom stereocenters. The van der Waals surface area contributed by atoms with Crippen molar-refractivity contribution in [2.75, 3.05) is 0 Å². The van der Waals surface area contributed by atoms with E-state index in [1.807, 2.05) is 12.1 Å². The number of aromatic amines is 1. The van der Waals surface area contributed by atoms with Crippen LogP contribution in [0.2, 0.25) is 0 Å². The van der Waals surface area contributed by atoms with E-state index < -0.39 is 16.1 Å². The Labute approximate surface area is 173 Å².